The fourth-order valence-corrected chi connectivity index (χ4v) is 2.01. The highest BCUT2D eigenvalue weighted by atomic mass is 32.2. The van der Waals surface area contributed by atoms with Crippen LogP contribution in [-0.4, -0.2) is 42.1 Å². The minimum Gasteiger partial charge on any atom is -0.494 e. The van der Waals surface area contributed by atoms with Crippen LogP contribution in [0, 0.1) is 5.82 Å². The maximum Gasteiger partial charge on any atom is 0.326 e. The minimum atomic E-state index is -1.10. The van der Waals surface area contributed by atoms with Crippen LogP contribution in [0.5, 0.6) is 5.75 Å². The molecule has 0 radical (unpaired) electrons. The average molecular weight is 301 g/mol. The van der Waals surface area contributed by atoms with Gasteiger partial charge < -0.3 is 15.2 Å². The summed E-state index contributed by atoms with van der Waals surface area (Å²) in [6.45, 7) is 0. The van der Waals surface area contributed by atoms with Crippen molar-refractivity contribution in [3.05, 3.63) is 29.6 Å². The van der Waals surface area contributed by atoms with E-state index in [4.69, 9.17) is 9.84 Å². The highest BCUT2D eigenvalue weighted by Gasteiger charge is 2.20. The topological polar surface area (TPSA) is 75.6 Å². The van der Waals surface area contributed by atoms with E-state index in [0.717, 1.165) is 6.07 Å². The van der Waals surface area contributed by atoms with Gasteiger partial charge in [-0.15, -0.1) is 0 Å². The number of ether oxygens (including phenoxy) is 1. The van der Waals surface area contributed by atoms with Gasteiger partial charge in [0.05, 0.1) is 7.11 Å². The first-order valence-electron chi connectivity index (χ1n) is 5.85. The predicted octanol–water partition coefficient (Wildman–Crippen LogP) is 1.77. The van der Waals surface area contributed by atoms with E-state index in [1.165, 1.54) is 31.0 Å². The molecule has 5 nitrogen and oxygen atoms in total. The van der Waals surface area contributed by atoms with Gasteiger partial charge in [-0.3, -0.25) is 4.79 Å². The van der Waals surface area contributed by atoms with Crippen molar-refractivity contribution < 1.29 is 23.8 Å². The summed E-state index contributed by atoms with van der Waals surface area (Å²) < 4.78 is 18.0. The smallest absolute Gasteiger partial charge is 0.326 e. The predicted molar refractivity (Wildman–Crippen MR) is 74.8 cm³/mol. The number of carbonyl (C=O) groups excluding carboxylic acids is 1. The molecule has 0 saturated carbocycles. The standard InChI is InChI=1S/C13H16FNO4S/c1-19-11-7-8(3-4-9(11)14)12(16)15-10(13(17)18)5-6-20-2/h3-4,7,10H,5-6H2,1-2H3,(H,15,16)(H,17,18)/t10-/m1/s1. The zero-order valence-electron chi connectivity index (χ0n) is 11.2. The number of methoxy groups -OCH3 is 1. The van der Waals surface area contributed by atoms with E-state index >= 15 is 0 Å². The Morgan fingerprint density at radius 1 is 1.50 bits per heavy atom. The molecule has 20 heavy (non-hydrogen) atoms. The van der Waals surface area contributed by atoms with E-state index in [9.17, 15) is 14.0 Å². The van der Waals surface area contributed by atoms with Crippen LogP contribution < -0.4 is 10.1 Å². The molecule has 0 aliphatic heterocycles. The monoisotopic (exact) mass is 301 g/mol. The molecular formula is C13H16FNO4S. The van der Waals surface area contributed by atoms with Crippen LogP contribution in [0.1, 0.15) is 16.8 Å². The van der Waals surface area contributed by atoms with Gasteiger partial charge >= 0.3 is 5.97 Å². The van der Waals surface area contributed by atoms with E-state index in [1.807, 2.05) is 6.26 Å². The molecule has 0 saturated heterocycles. The molecule has 0 aromatic heterocycles. The molecule has 1 atom stereocenters. The molecule has 1 aromatic rings. The van der Waals surface area contributed by atoms with Gasteiger partial charge in [-0.2, -0.15) is 11.8 Å². The lowest BCUT2D eigenvalue weighted by Crippen LogP contribution is -2.41. The SMILES string of the molecule is COc1cc(C(=O)N[C@H](CCSC)C(=O)O)ccc1F. The van der Waals surface area contributed by atoms with Crippen LogP contribution in [0.4, 0.5) is 4.39 Å². The summed E-state index contributed by atoms with van der Waals surface area (Å²) >= 11 is 1.49. The molecule has 2 N–H and O–H groups in total. The van der Waals surface area contributed by atoms with Crippen molar-refractivity contribution in [3.63, 3.8) is 0 Å². The van der Waals surface area contributed by atoms with Crippen molar-refractivity contribution in [2.24, 2.45) is 0 Å². The number of carbonyl (C=O) groups is 2. The van der Waals surface area contributed by atoms with Crippen LogP contribution in [0.15, 0.2) is 18.2 Å². The third-order valence-electron chi connectivity index (χ3n) is 2.63. The Kier molecular flexibility index (Phi) is 6.30. The number of carboxylic acids is 1. The summed E-state index contributed by atoms with van der Waals surface area (Å²) in [7, 11) is 1.29. The number of thioether (sulfide) groups is 1. The molecule has 0 bridgehead atoms. The zero-order valence-corrected chi connectivity index (χ0v) is 12.0. The number of rotatable bonds is 7. The fraction of sp³-hybridized carbons (Fsp3) is 0.385. The number of nitrogens with one attached hydrogen (secondary N) is 1. The van der Waals surface area contributed by atoms with Crippen molar-refractivity contribution in [3.8, 4) is 5.75 Å². The molecule has 1 amide bonds. The molecule has 1 rings (SSSR count). The number of halogens is 1. The van der Waals surface area contributed by atoms with Crippen molar-refractivity contribution in [2.75, 3.05) is 19.1 Å². The molecule has 7 heteroatoms. The number of aliphatic carboxylic acids is 1. The summed E-state index contributed by atoms with van der Waals surface area (Å²) in [5.41, 5.74) is 0.152. The molecule has 0 aliphatic rings. The van der Waals surface area contributed by atoms with Gasteiger partial charge in [0.1, 0.15) is 6.04 Å². The second-order valence-electron chi connectivity index (χ2n) is 4.00. The highest BCUT2D eigenvalue weighted by Crippen LogP contribution is 2.18. The van der Waals surface area contributed by atoms with Gasteiger partial charge in [0.2, 0.25) is 0 Å². The molecule has 1 aromatic carbocycles. The first-order chi connectivity index (χ1) is 9.49. The van der Waals surface area contributed by atoms with Gasteiger partial charge in [-0.25, -0.2) is 9.18 Å². The van der Waals surface area contributed by atoms with Crippen LogP contribution in [0.3, 0.4) is 0 Å². The van der Waals surface area contributed by atoms with E-state index in [2.05, 4.69) is 5.32 Å². The first-order valence-corrected chi connectivity index (χ1v) is 7.25. The molecule has 0 aliphatic carbocycles. The second-order valence-corrected chi connectivity index (χ2v) is 4.98. The van der Waals surface area contributed by atoms with Gasteiger partial charge in [-0.05, 0) is 36.6 Å². The normalized spacial score (nSPS) is 11.8. The minimum absolute atomic E-state index is 0.0614. The van der Waals surface area contributed by atoms with Gasteiger partial charge in [-0.1, -0.05) is 0 Å². The average Bonchev–Trinajstić information content (AvgIpc) is 2.43. The largest absolute Gasteiger partial charge is 0.494 e. The third-order valence-corrected chi connectivity index (χ3v) is 3.27. The number of hydrogen-bond donors (Lipinski definition) is 2. The Balaban J connectivity index is 2.80. The molecule has 110 valence electrons. The lowest BCUT2D eigenvalue weighted by atomic mass is 10.1. The summed E-state index contributed by atoms with van der Waals surface area (Å²) in [5, 5.41) is 11.4. The Morgan fingerprint density at radius 2 is 2.20 bits per heavy atom. The maximum atomic E-state index is 13.2. The zero-order chi connectivity index (χ0) is 15.1. The summed E-state index contributed by atoms with van der Waals surface area (Å²) in [4.78, 5) is 23.0. The van der Waals surface area contributed by atoms with E-state index < -0.39 is 23.7 Å². The Labute approximate surface area is 120 Å². The van der Waals surface area contributed by atoms with Crippen LogP contribution in [0.2, 0.25) is 0 Å². The first kappa shape index (κ1) is 16.3. The summed E-state index contributed by atoms with van der Waals surface area (Å²) in [5.74, 6) is -1.70. The lowest BCUT2D eigenvalue weighted by Gasteiger charge is -2.14. The van der Waals surface area contributed by atoms with Gasteiger partial charge in [0, 0.05) is 5.56 Å². The van der Waals surface area contributed by atoms with Crippen LogP contribution in [-0.2, 0) is 4.79 Å². The highest BCUT2D eigenvalue weighted by molar-refractivity contribution is 7.98. The molecule has 0 unspecified atom stereocenters. The van der Waals surface area contributed by atoms with Gasteiger partial charge in [0.15, 0.2) is 11.6 Å². The van der Waals surface area contributed by atoms with Crippen LogP contribution in [0.25, 0.3) is 0 Å². The third kappa shape index (κ3) is 4.41. The lowest BCUT2D eigenvalue weighted by molar-refractivity contribution is -0.139. The van der Waals surface area contributed by atoms with E-state index in [1.54, 1.807) is 0 Å². The van der Waals surface area contributed by atoms with E-state index in [-0.39, 0.29) is 11.3 Å². The summed E-state index contributed by atoms with van der Waals surface area (Å²) in [6, 6.07) is 2.65. The van der Waals surface area contributed by atoms with Crippen molar-refractivity contribution in [1.29, 1.82) is 0 Å². The number of hydrogen-bond acceptors (Lipinski definition) is 4. The summed E-state index contributed by atoms with van der Waals surface area (Å²) in [6.07, 6.45) is 2.17. The Bertz CT molecular complexity index is 495. The maximum absolute atomic E-state index is 13.2. The second kappa shape index (κ2) is 7.74. The number of benzene rings is 1. The van der Waals surface area contributed by atoms with Crippen molar-refractivity contribution in [1.82, 2.24) is 5.32 Å². The number of carboxylic acid groups (broad SMARTS) is 1. The molecular weight excluding hydrogens is 285 g/mol. The Hall–Kier alpha value is -1.76. The molecule has 0 fully saturated rings. The quantitative estimate of drug-likeness (QED) is 0.803. The van der Waals surface area contributed by atoms with Crippen molar-refractivity contribution in [2.45, 2.75) is 12.5 Å². The van der Waals surface area contributed by atoms with E-state index in [0.29, 0.717) is 12.2 Å². The van der Waals surface area contributed by atoms with Gasteiger partial charge in [0.25, 0.3) is 5.91 Å². The van der Waals surface area contributed by atoms with Crippen LogP contribution >= 0.6 is 11.8 Å². The number of amides is 1. The molecule has 0 heterocycles. The van der Waals surface area contributed by atoms with Crippen molar-refractivity contribution >= 4 is 23.6 Å². The molecule has 0 spiro atoms. The fourth-order valence-electron chi connectivity index (χ4n) is 1.54. The Morgan fingerprint density at radius 3 is 2.75 bits per heavy atom.